The summed E-state index contributed by atoms with van der Waals surface area (Å²) in [4.78, 5) is 13.2. The monoisotopic (exact) mass is 505 g/mol. The molecule has 2 heterocycles. The molecule has 0 aliphatic carbocycles. The lowest BCUT2D eigenvalue weighted by Gasteiger charge is -2.36. The summed E-state index contributed by atoms with van der Waals surface area (Å²) in [5, 5.41) is 3.65. The number of methoxy groups -OCH3 is 1. The van der Waals surface area contributed by atoms with Crippen molar-refractivity contribution in [2.45, 2.75) is 57.2 Å². The number of carbonyl (C=O) groups is 1. The Bertz CT molecular complexity index is 884. The first-order valence-corrected chi connectivity index (χ1v) is 11.5. The number of rotatable bonds is 6. The molecule has 0 amide bonds. The minimum atomic E-state index is -0.136. The zero-order chi connectivity index (χ0) is 20.4. The number of piperidine rings is 1. The number of hydrogen-bond acceptors (Lipinski definition) is 4. The highest BCUT2D eigenvalue weighted by Gasteiger charge is 2.46. The number of esters is 1. The molecule has 1 N–H and O–H groups in total. The molecule has 4 atom stereocenters. The molecule has 0 aromatic heterocycles. The summed E-state index contributed by atoms with van der Waals surface area (Å²) in [5.74, 6) is 0.763. The number of nitrogens with one attached hydrogen (secondary N) is 1. The van der Waals surface area contributed by atoms with Crippen molar-refractivity contribution in [3.05, 3.63) is 62.7 Å². The average Bonchev–Trinajstić information content (AvgIpc) is 3.12. The van der Waals surface area contributed by atoms with Gasteiger partial charge in [-0.3, -0.25) is 4.79 Å². The van der Waals surface area contributed by atoms with Gasteiger partial charge < -0.3 is 14.8 Å². The van der Waals surface area contributed by atoms with E-state index in [1.54, 1.807) is 7.11 Å². The highest BCUT2D eigenvalue weighted by molar-refractivity contribution is 14.1. The Labute approximate surface area is 186 Å². The van der Waals surface area contributed by atoms with Crippen molar-refractivity contribution < 1.29 is 14.3 Å². The first-order chi connectivity index (χ1) is 14.1. The van der Waals surface area contributed by atoms with Crippen LogP contribution in [0.25, 0.3) is 0 Å². The summed E-state index contributed by atoms with van der Waals surface area (Å²) in [5.41, 5.74) is 3.58. The normalized spacial score (nSPS) is 25.6. The number of aryl methyl sites for hydroxylation is 1. The van der Waals surface area contributed by atoms with E-state index in [0.29, 0.717) is 6.04 Å². The van der Waals surface area contributed by atoms with Crippen LogP contribution in [0.5, 0.6) is 5.75 Å². The molecule has 2 fully saturated rings. The van der Waals surface area contributed by atoms with Crippen molar-refractivity contribution in [1.82, 2.24) is 5.32 Å². The Morgan fingerprint density at radius 2 is 2.07 bits per heavy atom. The summed E-state index contributed by atoms with van der Waals surface area (Å²) < 4.78 is 12.4. The molecule has 0 saturated carbocycles. The fourth-order valence-electron chi connectivity index (χ4n) is 4.82. The van der Waals surface area contributed by atoms with Gasteiger partial charge in [-0.1, -0.05) is 31.2 Å². The maximum atomic E-state index is 13.2. The third-order valence-electron chi connectivity index (χ3n) is 6.35. The molecule has 4 rings (SSSR count). The molecule has 5 heteroatoms. The summed E-state index contributed by atoms with van der Waals surface area (Å²) in [6.45, 7) is 2.46. The van der Waals surface area contributed by atoms with Gasteiger partial charge in [0.25, 0.3) is 0 Å². The summed E-state index contributed by atoms with van der Waals surface area (Å²) >= 11 is 2.42. The van der Waals surface area contributed by atoms with Crippen LogP contribution in [0.4, 0.5) is 0 Å². The molecule has 0 radical (unpaired) electrons. The van der Waals surface area contributed by atoms with Gasteiger partial charge in [0.05, 0.1) is 13.0 Å². The molecule has 2 bridgehead atoms. The van der Waals surface area contributed by atoms with Crippen molar-refractivity contribution in [1.29, 1.82) is 0 Å². The second-order valence-electron chi connectivity index (χ2n) is 8.08. The van der Waals surface area contributed by atoms with E-state index in [0.717, 1.165) is 37.0 Å². The van der Waals surface area contributed by atoms with E-state index in [-0.39, 0.29) is 30.5 Å². The van der Waals surface area contributed by atoms with Gasteiger partial charge in [-0.05, 0) is 83.2 Å². The minimum absolute atomic E-state index is 0.0924. The molecule has 2 saturated heterocycles. The van der Waals surface area contributed by atoms with E-state index in [4.69, 9.17) is 9.47 Å². The van der Waals surface area contributed by atoms with Gasteiger partial charge in [-0.2, -0.15) is 0 Å². The lowest BCUT2D eigenvalue weighted by Crippen LogP contribution is -2.48. The fraction of sp³-hybridized carbons (Fsp3) is 0.458. The molecule has 2 aliphatic heterocycles. The Hall–Kier alpha value is -1.60. The molecular weight excluding hydrogens is 477 g/mol. The van der Waals surface area contributed by atoms with Crippen LogP contribution in [0, 0.1) is 9.49 Å². The van der Waals surface area contributed by atoms with E-state index in [2.05, 4.69) is 53.0 Å². The first-order valence-electron chi connectivity index (χ1n) is 10.4. The number of carbonyl (C=O) groups excluding carboxylic acids is 1. The Morgan fingerprint density at radius 1 is 1.21 bits per heavy atom. The smallest absolute Gasteiger partial charge is 0.311 e. The number of halogens is 1. The molecule has 0 spiro atoms. The maximum absolute atomic E-state index is 13.2. The van der Waals surface area contributed by atoms with Crippen LogP contribution in [0.1, 0.15) is 48.8 Å². The molecule has 4 nitrogen and oxygen atoms in total. The van der Waals surface area contributed by atoms with E-state index in [1.165, 1.54) is 14.7 Å². The van der Waals surface area contributed by atoms with Crippen LogP contribution in [0.3, 0.4) is 0 Å². The van der Waals surface area contributed by atoms with Gasteiger partial charge in [0.2, 0.25) is 0 Å². The molecule has 2 unspecified atom stereocenters. The summed E-state index contributed by atoms with van der Waals surface area (Å²) in [7, 11) is 1.64. The van der Waals surface area contributed by atoms with E-state index in [1.807, 2.05) is 24.3 Å². The van der Waals surface area contributed by atoms with Gasteiger partial charge in [0.1, 0.15) is 12.4 Å². The van der Waals surface area contributed by atoms with Crippen molar-refractivity contribution in [2.75, 3.05) is 7.11 Å². The Kier molecular flexibility index (Phi) is 6.44. The quantitative estimate of drug-likeness (QED) is 0.452. The van der Waals surface area contributed by atoms with Gasteiger partial charge >= 0.3 is 5.97 Å². The van der Waals surface area contributed by atoms with Gasteiger partial charge in [0.15, 0.2) is 0 Å². The SMILES string of the molecule is CCc1ccc([C@H]2C[C@H]3CCC(N3)C2C(=O)OCc2cccc(OC)c2)cc1I. The lowest BCUT2D eigenvalue weighted by molar-refractivity contribution is -0.152. The predicted molar refractivity (Wildman–Crippen MR) is 122 cm³/mol. The highest BCUT2D eigenvalue weighted by atomic mass is 127. The zero-order valence-electron chi connectivity index (χ0n) is 17.0. The molecule has 154 valence electrons. The van der Waals surface area contributed by atoms with Crippen LogP contribution in [0.15, 0.2) is 42.5 Å². The van der Waals surface area contributed by atoms with Crippen molar-refractivity contribution in [2.24, 2.45) is 5.92 Å². The largest absolute Gasteiger partial charge is 0.497 e. The van der Waals surface area contributed by atoms with Gasteiger partial charge in [0, 0.05) is 21.6 Å². The topological polar surface area (TPSA) is 47.6 Å². The number of hydrogen-bond donors (Lipinski definition) is 1. The van der Waals surface area contributed by atoms with Crippen LogP contribution in [-0.2, 0) is 22.6 Å². The highest BCUT2D eigenvalue weighted by Crippen LogP contribution is 2.43. The zero-order valence-corrected chi connectivity index (χ0v) is 19.1. The van der Waals surface area contributed by atoms with Crippen LogP contribution >= 0.6 is 22.6 Å². The summed E-state index contributed by atoms with van der Waals surface area (Å²) in [6, 6.07) is 15.1. The molecule has 29 heavy (non-hydrogen) atoms. The van der Waals surface area contributed by atoms with Crippen LogP contribution < -0.4 is 10.1 Å². The van der Waals surface area contributed by atoms with Crippen LogP contribution in [0.2, 0.25) is 0 Å². The summed E-state index contributed by atoms with van der Waals surface area (Å²) in [6.07, 6.45) is 4.22. The maximum Gasteiger partial charge on any atom is 0.311 e. The van der Waals surface area contributed by atoms with Gasteiger partial charge in [-0.15, -0.1) is 0 Å². The van der Waals surface area contributed by atoms with E-state index >= 15 is 0 Å². The van der Waals surface area contributed by atoms with Gasteiger partial charge in [-0.25, -0.2) is 0 Å². The van der Waals surface area contributed by atoms with Crippen molar-refractivity contribution in [3.8, 4) is 5.75 Å². The van der Waals surface area contributed by atoms with E-state index < -0.39 is 0 Å². The van der Waals surface area contributed by atoms with Crippen molar-refractivity contribution >= 4 is 28.6 Å². The molecular formula is C24H28INO3. The Morgan fingerprint density at radius 3 is 2.83 bits per heavy atom. The molecule has 2 aromatic rings. The second-order valence-corrected chi connectivity index (χ2v) is 9.24. The average molecular weight is 505 g/mol. The third-order valence-corrected chi connectivity index (χ3v) is 7.36. The minimum Gasteiger partial charge on any atom is -0.497 e. The fourth-order valence-corrected chi connectivity index (χ4v) is 5.74. The number of fused-ring (bicyclic) bond motifs is 2. The standard InChI is InChI=1S/C24H28INO3/c1-3-16-7-8-17(12-21(16)25)20-13-18-9-10-22(26-18)23(20)24(27)29-14-15-5-4-6-19(11-15)28-2/h4-8,11-12,18,20,22-23,26H,3,9-10,13-14H2,1-2H3/t18-,20-,22?,23?/m1/s1. The number of ether oxygens (including phenoxy) is 2. The molecule has 2 aromatic carbocycles. The number of benzene rings is 2. The second kappa shape index (κ2) is 9.04. The first kappa shape index (κ1) is 20.7. The molecule has 2 aliphatic rings. The van der Waals surface area contributed by atoms with Crippen molar-refractivity contribution in [3.63, 3.8) is 0 Å². The lowest BCUT2D eigenvalue weighted by atomic mass is 9.77. The van der Waals surface area contributed by atoms with Crippen LogP contribution in [-0.4, -0.2) is 25.2 Å². The Balaban J connectivity index is 1.53. The third kappa shape index (κ3) is 4.45. The van der Waals surface area contributed by atoms with E-state index in [9.17, 15) is 4.79 Å². The predicted octanol–water partition coefficient (Wildman–Crippen LogP) is 4.83.